The van der Waals surface area contributed by atoms with Crippen LogP contribution in [0.25, 0.3) is 5.76 Å². The van der Waals surface area contributed by atoms with Gasteiger partial charge < -0.3 is 19.6 Å². The van der Waals surface area contributed by atoms with Gasteiger partial charge in [0.05, 0.1) is 37.9 Å². The second-order valence-corrected chi connectivity index (χ2v) is 7.66. The molecule has 2 aliphatic heterocycles. The number of hydrogen-bond acceptors (Lipinski definition) is 4. The molecule has 8 heteroatoms. The maximum Gasteiger partial charge on any atom is 0.295 e. The highest BCUT2D eigenvalue weighted by Crippen LogP contribution is 2.39. The van der Waals surface area contributed by atoms with Crippen molar-refractivity contribution in [2.75, 3.05) is 39.4 Å². The molecular weight excluding hydrogens is 406 g/mol. The molecule has 2 saturated heterocycles. The Morgan fingerprint density at radius 2 is 1.58 bits per heavy atom. The van der Waals surface area contributed by atoms with E-state index in [1.807, 2.05) is 0 Å². The zero-order chi connectivity index (χ0) is 22.0. The number of benzene rings is 2. The molecule has 0 aromatic heterocycles. The SMILES string of the molecule is O=C1C(=O)N(CC[NH+]2CCOCC2)C(c2ccc(F)cc2)C1=C(O)c1ccc(F)cc1. The third kappa shape index (κ3) is 4.35. The first kappa shape index (κ1) is 21.1. The number of ether oxygens (including phenoxy) is 1. The maximum absolute atomic E-state index is 13.5. The zero-order valence-corrected chi connectivity index (χ0v) is 16.8. The third-order valence-corrected chi connectivity index (χ3v) is 5.75. The summed E-state index contributed by atoms with van der Waals surface area (Å²) in [4.78, 5) is 28.5. The van der Waals surface area contributed by atoms with Crippen molar-refractivity contribution < 1.29 is 33.1 Å². The van der Waals surface area contributed by atoms with Gasteiger partial charge in [0.1, 0.15) is 30.5 Å². The van der Waals surface area contributed by atoms with Crippen LogP contribution in [0.3, 0.4) is 0 Å². The lowest BCUT2D eigenvalue weighted by atomic mass is 9.95. The molecular formula is C23H23F2N2O4+. The van der Waals surface area contributed by atoms with Crippen molar-refractivity contribution in [3.8, 4) is 0 Å². The van der Waals surface area contributed by atoms with E-state index in [2.05, 4.69) is 0 Å². The topological polar surface area (TPSA) is 71.3 Å². The molecule has 2 fully saturated rings. The number of hydrogen-bond donors (Lipinski definition) is 2. The molecule has 0 bridgehead atoms. The summed E-state index contributed by atoms with van der Waals surface area (Å²) >= 11 is 0. The second kappa shape index (κ2) is 8.95. The van der Waals surface area contributed by atoms with Crippen LogP contribution in [-0.2, 0) is 14.3 Å². The minimum atomic E-state index is -0.855. The molecule has 1 unspecified atom stereocenters. The molecule has 31 heavy (non-hydrogen) atoms. The molecule has 1 atom stereocenters. The third-order valence-electron chi connectivity index (χ3n) is 5.75. The molecule has 2 aromatic carbocycles. The smallest absolute Gasteiger partial charge is 0.295 e. The summed E-state index contributed by atoms with van der Waals surface area (Å²) in [5, 5.41) is 10.9. The summed E-state index contributed by atoms with van der Waals surface area (Å²) in [5.41, 5.74) is 0.659. The van der Waals surface area contributed by atoms with E-state index in [4.69, 9.17) is 4.74 Å². The molecule has 0 radical (unpaired) electrons. The Labute approximate surface area is 178 Å². The summed E-state index contributed by atoms with van der Waals surface area (Å²) in [6.45, 7) is 3.80. The Bertz CT molecular complexity index is 999. The normalized spacial score (nSPS) is 21.6. The van der Waals surface area contributed by atoms with Crippen LogP contribution in [0, 0.1) is 11.6 Å². The van der Waals surface area contributed by atoms with E-state index in [1.54, 1.807) is 0 Å². The number of morpholine rings is 1. The molecule has 2 aliphatic rings. The lowest BCUT2D eigenvalue weighted by molar-refractivity contribution is -0.907. The largest absolute Gasteiger partial charge is 0.507 e. The summed E-state index contributed by atoms with van der Waals surface area (Å²) in [5.74, 6) is -2.84. The highest BCUT2D eigenvalue weighted by atomic mass is 19.1. The average Bonchev–Trinajstić information content (AvgIpc) is 3.04. The zero-order valence-electron chi connectivity index (χ0n) is 16.8. The van der Waals surface area contributed by atoms with E-state index in [0.717, 1.165) is 13.1 Å². The number of amides is 1. The fourth-order valence-electron chi connectivity index (χ4n) is 4.05. The van der Waals surface area contributed by atoms with E-state index >= 15 is 0 Å². The quantitative estimate of drug-likeness (QED) is 0.427. The molecule has 2 N–H and O–H groups in total. The summed E-state index contributed by atoms with van der Waals surface area (Å²) in [7, 11) is 0. The molecule has 0 aliphatic carbocycles. The number of quaternary nitrogens is 1. The molecule has 2 aromatic rings. The van der Waals surface area contributed by atoms with Crippen LogP contribution in [0.2, 0.25) is 0 Å². The van der Waals surface area contributed by atoms with Gasteiger partial charge in [0, 0.05) is 5.56 Å². The fraction of sp³-hybridized carbons (Fsp3) is 0.304. The second-order valence-electron chi connectivity index (χ2n) is 7.66. The van der Waals surface area contributed by atoms with Gasteiger partial charge >= 0.3 is 0 Å². The fourth-order valence-corrected chi connectivity index (χ4v) is 4.05. The van der Waals surface area contributed by atoms with Crippen LogP contribution in [0.1, 0.15) is 17.2 Å². The van der Waals surface area contributed by atoms with Crippen LogP contribution in [-0.4, -0.2) is 61.1 Å². The predicted octanol–water partition coefficient (Wildman–Crippen LogP) is 1.30. The van der Waals surface area contributed by atoms with Crippen molar-refractivity contribution in [2.24, 2.45) is 0 Å². The van der Waals surface area contributed by atoms with Crippen LogP contribution in [0.4, 0.5) is 8.78 Å². The van der Waals surface area contributed by atoms with Crippen LogP contribution < -0.4 is 4.90 Å². The molecule has 2 heterocycles. The van der Waals surface area contributed by atoms with E-state index in [9.17, 15) is 23.5 Å². The van der Waals surface area contributed by atoms with E-state index in [-0.39, 0.29) is 16.9 Å². The number of carbonyl (C=O) groups is 2. The Morgan fingerprint density at radius 3 is 2.19 bits per heavy atom. The van der Waals surface area contributed by atoms with Gasteiger partial charge in [-0.1, -0.05) is 12.1 Å². The Balaban J connectivity index is 1.72. The van der Waals surface area contributed by atoms with E-state index < -0.39 is 29.4 Å². The molecule has 6 nitrogen and oxygen atoms in total. The number of rotatable bonds is 5. The van der Waals surface area contributed by atoms with Crippen molar-refractivity contribution in [2.45, 2.75) is 6.04 Å². The number of nitrogens with one attached hydrogen (secondary N) is 1. The van der Waals surface area contributed by atoms with Gasteiger partial charge in [-0.05, 0) is 42.0 Å². The Hall–Kier alpha value is -3.10. The minimum Gasteiger partial charge on any atom is -0.507 e. The maximum atomic E-state index is 13.5. The monoisotopic (exact) mass is 429 g/mol. The highest BCUT2D eigenvalue weighted by Gasteiger charge is 2.46. The number of aliphatic hydroxyl groups excluding tert-OH is 1. The van der Waals surface area contributed by atoms with E-state index in [1.165, 1.54) is 58.3 Å². The van der Waals surface area contributed by atoms with E-state index in [0.29, 0.717) is 31.9 Å². The molecule has 162 valence electrons. The Morgan fingerprint density at radius 1 is 1.00 bits per heavy atom. The van der Waals surface area contributed by atoms with Crippen molar-refractivity contribution >= 4 is 17.4 Å². The summed E-state index contributed by atoms with van der Waals surface area (Å²) in [6, 6.07) is 9.67. The molecule has 1 amide bonds. The van der Waals surface area contributed by atoms with Gasteiger partial charge in [-0.15, -0.1) is 0 Å². The van der Waals surface area contributed by atoms with Crippen LogP contribution in [0.5, 0.6) is 0 Å². The minimum absolute atomic E-state index is 0.0832. The van der Waals surface area contributed by atoms with Crippen molar-refractivity contribution in [3.05, 3.63) is 76.9 Å². The molecule has 0 saturated carbocycles. The summed E-state index contributed by atoms with van der Waals surface area (Å²) in [6.07, 6.45) is 0. The average molecular weight is 429 g/mol. The predicted molar refractivity (Wildman–Crippen MR) is 108 cm³/mol. The van der Waals surface area contributed by atoms with Crippen molar-refractivity contribution in [3.63, 3.8) is 0 Å². The molecule has 0 spiro atoms. The van der Waals surface area contributed by atoms with Crippen LogP contribution >= 0.6 is 0 Å². The first-order chi connectivity index (χ1) is 15.0. The number of nitrogens with zero attached hydrogens (tertiary/aromatic N) is 1. The number of halogens is 2. The molecule has 4 rings (SSSR count). The van der Waals surface area contributed by atoms with Crippen molar-refractivity contribution in [1.29, 1.82) is 0 Å². The highest BCUT2D eigenvalue weighted by molar-refractivity contribution is 6.46. The Kier molecular flexibility index (Phi) is 6.11. The number of aliphatic hydroxyl groups is 1. The van der Waals surface area contributed by atoms with Gasteiger partial charge in [0.15, 0.2) is 0 Å². The standard InChI is InChI=1S/C23H22F2N2O4/c24-17-5-1-15(2-6-17)20-19(21(28)16-3-7-18(25)8-4-16)22(29)23(30)27(20)10-9-26-11-13-31-14-12-26/h1-8,20,28H,9-14H2/p+1. The van der Waals surface area contributed by atoms with Gasteiger partial charge in [0.2, 0.25) is 0 Å². The summed E-state index contributed by atoms with van der Waals surface area (Å²) < 4.78 is 32.2. The van der Waals surface area contributed by atoms with Gasteiger partial charge in [0.25, 0.3) is 11.7 Å². The number of Topliss-reactive ketones (excluding diaryl/α,β-unsaturated/α-hetero) is 1. The van der Waals surface area contributed by atoms with Gasteiger partial charge in [-0.3, -0.25) is 9.59 Å². The number of carbonyl (C=O) groups excluding carboxylic acids is 2. The van der Waals surface area contributed by atoms with Gasteiger partial charge in [-0.25, -0.2) is 8.78 Å². The lowest BCUT2D eigenvalue weighted by Crippen LogP contribution is -3.14. The first-order valence-corrected chi connectivity index (χ1v) is 10.2. The van der Waals surface area contributed by atoms with Crippen molar-refractivity contribution in [1.82, 2.24) is 4.90 Å². The van der Waals surface area contributed by atoms with Gasteiger partial charge in [-0.2, -0.15) is 0 Å². The first-order valence-electron chi connectivity index (χ1n) is 10.2. The van der Waals surface area contributed by atoms with Crippen LogP contribution in [0.15, 0.2) is 54.1 Å². The lowest BCUT2D eigenvalue weighted by Gasteiger charge is -2.29. The number of ketones is 1. The number of likely N-dealkylation sites (tertiary alicyclic amines) is 1.